The molecule has 0 aliphatic rings. The van der Waals surface area contributed by atoms with Crippen LogP contribution in [0.5, 0.6) is 0 Å². The van der Waals surface area contributed by atoms with E-state index in [-0.39, 0.29) is 5.76 Å². The average molecular weight is 344 g/mol. The Bertz CT molecular complexity index is 870. The van der Waals surface area contributed by atoms with Crippen LogP contribution in [0.3, 0.4) is 0 Å². The summed E-state index contributed by atoms with van der Waals surface area (Å²) in [6.07, 6.45) is -0.982. The summed E-state index contributed by atoms with van der Waals surface area (Å²) in [6.45, 7) is 1.49. The molecule has 2 aromatic carbocycles. The number of hydrogen-bond acceptors (Lipinski definition) is 4. The Morgan fingerprint density at radius 1 is 1.12 bits per heavy atom. The third-order valence-electron chi connectivity index (χ3n) is 3.37. The number of fused-ring (bicyclic) bond motifs is 1. The SMILES string of the molecule is C[C@@H](OC(=O)c1cc2ccccc2o1)C(=O)Nc1cccc(Cl)c1. The lowest BCUT2D eigenvalue weighted by atomic mass is 10.2. The van der Waals surface area contributed by atoms with E-state index >= 15 is 0 Å². The zero-order chi connectivity index (χ0) is 17.1. The molecule has 0 saturated carbocycles. The number of para-hydroxylation sites is 1. The predicted octanol–water partition coefficient (Wildman–Crippen LogP) is 4.27. The van der Waals surface area contributed by atoms with Gasteiger partial charge in [0.2, 0.25) is 5.76 Å². The van der Waals surface area contributed by atoms with E-state index in [0.717, 1.165) is 5.39 Å². The minimum absolute atomic E-state index is 0.0543. The van der Waals surface area contributed by atoms with E-state index in [2.05, 4.69) is 5.32 Å². The lowest BCUT2D eigenvalue weighted by Crippen LogP contribution is -2.29. The molecule has 0 fully saturated rings. The van der Waals surface area contributed by atoms with Crippen molar-refractivity contribution in [2.75, 3.05) is 5.32 Å². The van der Waals surface area contributed by atoms with Gasteiger partial charge in [-0.3, -0.25) is 4.79 Å². The highest BCUT2D eigenvalue weighted by Gasteiger charge is 2.21. The van der Waals surface area contributed by atoms with Crippen molar-refractivity contribution in [3.8, 4) is 0 Å². The quantitative estimate of drug-likeness (QED) is 0.718. The summed E-state index contributed by atoms with van der Waals surface area (Å²) in [5.74, 6) is -1.10. The molecule has 122 valence electrons. The van der Waals surface area contributed by atoms with Gasteiger partial charge in [0.15, 0.2) is 6.10 Å². The van der Waals surface area contributed by atoms with E-state index in [1.54, 1.807) is 36.4 Å². The van der Waals surface area contributed by atoms with Gasteiger partial charge in [0.1, 0.15) is 5.58 Å². The van der Waals surface area contributed by atoms with Crippen molar-refractivity contribution < 1.29 is 18.7 Å². The van der Waals surface area contributed by atoms with Crippen LogP contribution in [0.15, 0.2) is 59.0 Å². The highest BCUT2D eigenvalue weighted by Crippen LogP contribution is 2.20. The van der Waals surface area contributed by atoms with Gasteiger partial charge in [-0.25, -0.2) is 4.79 Å². The number of benzene rings is 2. The molecule has 1 N–H and O–H groups in total. The van der Waals surface area contributed by atoms with Crippen molar-refractivity contribution in [1.82, 2.24) is 0 Å². The van der Waals surface area contributed by atoms with E-state index in [1.165, 1.54) is 6.92 Å². The number of hydrogen-bond donors (Lipinski definition) is 1. The highest BCUT2D eigenvalue weighted by molar-refractivity contribution is 6.30. The fourth-order valence-electron chi connectivity index (χ4n) is 2.16. The van der Waals surface area contributed by atoms with Gasteiger partial charge in [0.05, 0.1) is 0 Å². The maximum absolute atomic E-state index is 12.1. The fourth-order valence-corrected chi connectivity index (χ4v) is 2.36. The molecule has 1 aromatic heterocycles. The highest BCUT2D eigenvalue weighted by atomic mass is 35.5. The lowest BCUT2D eigenvalue weighted by molar-refractivity contribution is -0.123. The Hall–Kier alpha value is -2.79. The van der Waals surface area contributed by atoms with Gasteiger partial charge in [0.25, 0.3) is 5.91 Å². The van der Waals surface area contributed by atoms with Gasteiger partial charge in [-0.1, -0.05) is 35.9 Å². The van der Waals surface area contributed by atoms with Gasteiger partial charge in [-0.05, 0) is 37.3 Å². The smallest absolute Gasteiger partial charge is 0.375 e. The third kappa shape index (κ3) is 3.58. The van der Waals surface area contributed by atoms with Crippen molar-refractivity contribution in [3.05, 3.63) is 65.4 Å². The van der Waals surface area contributed by atoms with Crippen LogP contribution >= 0.6 is 11.6 Å². The summed E-state index contributed by atoms with van der Waals surface area (Å²) in [7, 11) is 0. The van der Waals surface area contributed by atoms with Crippen molar-refractivity contribution in [3.63, 3.8) is 0 Å². The molecular weight excluding hydrogens is 330 g/mol. The first-order chi connectivity index (χ1) is 11.5. The fraction of sp³-hybridized carbons (Fsp3) is 0.111. The second-order valence-electron chi connectivity index (χ2n) is 5.20. The Kier molecular flexibility index (Phi) is 4.53. The number of carbonyl (C=O) groups excluding carboxylic acids is 2. The molecule has 0 saturated heterocycles. The number of ether oxygens (including phenoxy) is 1. The van der Waals surface area contributed by atoms with Crippen LogP contribution in [0.2, 0.25) is 5.02 Å². The Labute approximate surface area is 143 Å². The molecule has 0 aliphatic heterocycles. The molecule has 3 rings (SSSR count). The first kappa shape index (κ1) is 16.1. The summed E-state index contributed by atoms with van der Waals surface area (Å²) in [6, 6.07) is 15.5. The third-order valence-corrected chi connectivity index (χ3v) is 3.61. The first-order valence-electron chi connectivity index (χ1n) is 7.29. The van der Waals surface area contributed by atoms with Gasteiger partial charge >= 0.3 is 5.97 Å². The molecule has 1 atom stereocenters. The van der Waals surface area contributed by atoms with Crippen LogP contribution in [0.1, 0.15) is 17.5 Å². The van der Waals surface area contributed by atoms with Gasteiger partial charge in [-0.15, -0.1) is 0 Å². The van der Waals surface area contributed by atoms with Gasteiger partial charge < -0.3 is 14.5 Å². The number of rotatable bonds is 4. The molecule has 5 nitrogen and oxygen atoms in total. The summed E-state index contributed by atoms with van der Waals surface area (Å²) < 4.78 is 10.6. The molecular formula is C18H14ClNO4. The first-order valence-corrected chi connectivity index (χ1v) is 7.67. The van der Waals surface area contributed by atoms with Crippen molar-refractivity contribution in [2.45, 2.75) is 13.0 Å². The second-order valence-corrected chi connectivity index (χ2v) is 5.63. The van der Waals surface area contributed by atoms with Crippen LogP contribution in [-0.2, 0) is 9.53 Å². The monoisotopic (exact) mass is 343 g/mol. The lowest BCUT2D eigenvalue weighted by Gasteiger charge is -2.12. The van der Waals surface area contributed by atoms with E-state index in [0.29, 0.717) is 16.3 Å². The number of anilines is 1. The number of halogens is 1. The standard InChI is InChI=1S/C18H14ClNO4/c1-11(17(21)20-14-7-4-6-13(19)10-14)23-18(22)16-9-12-5-2-3-8-15(12)24-16/h2-11H,1H3,(H,20,21)/t11-/m1/s1. The summed E-state index contributed by atoms with van der Waals surface area (Å²) in [4.78, 5) is 24.2. The Morgan fingerprint density at radius 3 is 2.67 bits per heavy atom. The molecule has 0 bridgehead atoms. The molecule has 3 aromatic rings. The largest absolute Gasteiger partial charge is 0.449 e. The molecule has 0 radical (unpaired) electrons. The zero-order valence-corrected chi connectivity index (χ0v) is 13.5. The molecule has 0 aliphatic carbocycles. The minimum atomic E-state index is -0.982. The average Bonchev–Trinajstić information content (AvgIpc) is 2.99. The summed E-state index contributed by atoms with van der Waals surface area (Å²) in [5.41, 5.74) is 1.11. The van der Waals surface area contributed by atoms with E-state index in [4.69, 9.17) is 20.8 Å². The number of furan rings is 1. The topological polar surface area (TPSA) is 68.5 Å². The summed E-state index contributed by atoms with van der Waals surface area (Å²) >= 11 is 5.86. The molecule has 1 amide bonds. The molecule has 1 heterocycles. The number of nitrogens with one attached hydrogen (secondary N) is 1. The van der Waals surface area contributed by atoms with E-state index in [9.17, 15) is 9.59 Å². The maximum Gasteiger partial charge on any atom is 0.375 e. The molecule has 24 heavy (non-hydrogen) atoms. The van der Waals surface area contributed by atoms with Crippen LogP contribution in [0.25, 0.3) is 11.0 Å². The zero-order valence-electron chi connectivity index (χ0n) is 12.8. The number of carbonyl (C=O) groups is 2. The molecule has 0 unspecified atom stereocenters. The van der Waals surface area contributed by atoms with Crippen LogP contribution in [0.4, 0.5) is 5.69 Å². The Balaban J connectivity index is 1.65. The van der Waals surface area contributed by atoms with Crippen LogP contribution in [0, 0.1) is 0 Å². The number of amides is 1. The second kappa shape index (κ2) is 6.76. The van der Waals surface area contributed by atoms with Gasteiger partial charge in [-0.2, -0.15) is 0 Å². The minimum Gasteiger partial charge on any atom is -0.449 e. The van der Waals surface area contributed by atoms with E-state index < -0.39 is 18.0 Å². The predicted molar refractivity (Wildman–Crippen MR) is 91.2 cm³/mol. The summed E-state index contributed by atoms with van der Waals surface area (Å²) in [5, 5.41) is 3.93. The molecule has 6 heteroatoms. The van der Waals surface area contributed by atoms with Crippen molar-refractivity contribution >= 4 is 40.1 Å². The van der Waals surface area contributed by atoms with Crippen molar-refractivity contribution in [2.24, 2.45) is 0 Å². The van der Waals surface area contributed by atoms with Crippen LogP contribution < -0.4 is 5.32 Å². The molecule has 0 spiro atoms. The number of esters is 1. The van der Waals surface area contributed by atoms with E-state index in [1.807, 2.05) is 18.2 Å². The van der Waals surface area contributed by atoms with Crippen molar-refractivity contribution in [1.29, 1.82) is 0 Å². The van der Waals surface area contributed by atoms with Gasteiger partial charge in [0, 0.05) is 16.1 Å². The Morgan fingerprint density at radius 2 is 1.92 bits per heavy atom. The normalized spacial score (nSPS) is 11.9. The van der Waals surface area contributed by atoms with Crippen LogP contribution in [-0.4, -0.2) is 18.0 Å². The maximum atomic E-state index is 12.1.